The Hall–Kier alpha value is -0.780. The molecule has 1 radical (unpaired) electrons. The van der Waals surface area contributed by atoms with E-state index in [1.54, 1.807) is 16.7 Å². The van der Waals surface area contributed by atoms with Gasteiger partial charge >= 0.3 is 0 Å². The van der Waals surface area contributed by atoms with Gasteiger partial charge in [0.25, 0.3) is 0 Å². The van der Waals surface area contributed by atoms with Crippen molar-refractivity contribution in [2.24, 2.45) is 0 Å². The third-order valence-electron chi connectivity index (χ3n) is 2.76. The summed E-state index contributed by atoms with van der Waals surface area (Å²) < 4.78 is 0. The van der Waals surface area contributed by atoms with E-state index in [4.69, 9.17) is 0 Å². The second kappa shape index (κ2) is 1.45. The molecule has 0 aromatic rings. The maximum absolute atomic E-state index is 3.32. The highest BCUT2D eigenvalue weighted by Gasteiger charge is 2.29. The molecule has 0 aliphatic heterocycles. The second-order valence-corrected chi connectivity index (χ2v) is 3.28. The summed E-state index contributed by atoms with van der Waals surface area (Å²) in [6, 6.07) is 0. The predicted molar refractivity (Wildman–Crippen MR) is 40.3 cm³/mol. The first-order valence-corrected chi connectivity index (χ1v) is 3.99. The van der Waals surface area contributed by atoms with Crippen LogP contribution in [0.1, 0.15) is 25.7 Å². The molecule has 0 nitrogen and oxygen atoms in total. The Morgan fingerprint density at radius 1 is 1.20 bits per heavy atom. The van der Waals surface area contributed by atoms with Gasteiger partial charge in [-0.15, -0.1) is 0 Å². The summed E-state index contributed by atoms with van der Waals surface area (Å²) in [7, 11) is 0. The smallest absolute Gasteiger partial charge is 0.00137 e. The normalized spacial score (nSPS) is 27.2. The molecule has 3 aliphatic rings. The highest BCUT2D eigenvalue weighted by atomic mass is 14.3. The van der Waals surface area contributed by atoms with Gasteiger partial charge in [-0.05, 0) is 54.1 Å². The molecule has 3 aliphatic carbocycles. The van der Waals surface area contributed by atoms with Crippen LogP contribution in [0.2, 0.25) is 0 Å². The van der Waals surface area contributed by atoms with Crippen molar-refractivity contribution in [2.75, 3.05) is 0 Å². The molecule has 0 aromatic carbocycles. The SMILES string of the molecule is [C]1=C2CC(=C1)C1=C2CCC1. The minimum atomic E-state index is 1.21. The molecule has 3 rings (SSSR count). The van der Waals surface area contributed by atoms with Crippen LogP contribution in [0.5, 0.6) is 0 Å². The summed E-state index contributed by atoms with van der Waals surface area (Å²) in [6.45, 7) is 0. The minimum absolute atomic E-state index is 1.21. The largest absolute Gasteiger partial charge is 0.0502 e. The lowest BCUT2D eigenvalue weighted by Gasteiger charge is -1.97. The molecule has 10 heavy (non-hydrogen) atoms. The molecule has 49 valence electrons. The standard InChI is InChI=1S/C10H9/c1-2-9-7-4-5-8(6-7)10(9)3-1/h4H,1-3,6H2. The van der Waals surface area contributed by atoms with E-state index in [1.807, 2.05) is 0 Å². The fourth-order valence-corrected chi connectivity index (χ4v) is 2.29. The van der Waals surface area contributed by atoms with Crippen molar-refractivity contribution in [3.05, 3.63) is 34.4 Å². The van der Waals surface area contributed by atoms with Crippen LogP contribution in [0.4, 0.5) is 0 Å². The lowest BCUT2D eigenvalue weighted by atomic mass is 10.1. The topological polar surface area (TPSA) is 0 Å². The van der Waals surface area contributed by atoms with Crippen LogP contribution in [0.25, 0.3) is 0 Å². The zero-order chi connectivity index (χ0) is 6.55. The van der Waals surface area contributed by atoms with Gasteiger partial charge in [-0.1, -0.05) is 6.08 Å². The number of allylic oxidation sites excluding steroid dienone is 6. The van der Waals surface area contributed by atoms with Crippen molar-refractivity contribution < 1.29 is 0 Å². The molecule has 0 amide bonds. The van der Waals surface area contributed by atoms with Crippen molar-refractivity contribution in [3.8, 4) is 0 Å². The molecule has 0 fully saturated rings. The molecule has 0 heterocycles. The summed E-state index contributed by atoms with van der Waals surface area (Å²) >= 11 is 0. The quantitative estimate of drug-likeness (QED) is 0.471. The number of hydrogen-bond acceptors (Lipinski definition) is 0. The first-order valence-electron chi connectivity index (χ1n) is 3.99. The first kappa shape index (κ1) is 4.95. The Kier molecular flexibility index (Phi) is 0.715. The highest BCUT2D eigenvalue weighted by molar-refractivity contribution is 5.60. The maximum Gasteiger partial charge on any atom is -0.00137 e. The monoisotopic (exact) mass is 129 g/mol. The summed E-state index contributed by atoms with van der Waals surface area (Å²) in [5.41, 5.74) is 6.40. The van der Waals surface area contributed by atoms with E-state index in [-0.39, 0.29) is 0 Å². The molecule has 0 spiro atoms. The molecule has 0 aromatic heterocycles. The Bertz CT molecular complexity index is 259. The molecular formula is C10H9. The van der Waals surface area contributed by atoms with Crippen LogP contribution in [-0.4, -0.2) is 0 Å². The first-order chi connectivity index (χ1) is 4.95. The van der Waals surface area contributed by atoms with Crippen molar-refractivity contribution in [1.82, 2.24) is 0 Å². The van der Waals surface area contributed by atoms with Crippen molar-refractivity contribution in [1.29, 1.82) is 0 Å². The second-order valence-electron chi connectivity index (χ2n) is 3.28. The van der Waals surface area contributed by atoms with E-state index in [9.17, 15) is 0 Å². The van der Waals surface area contributed by atoms with Crippen LogP contribution in [-0.2, 0) is 0 Å². The molecular weight excluding hydrogens is 120 g/mol. The van der Waals surface area contributed by atoms with Gasteiger partial charge in [0, 0.05) is 0 Å². The highest BCUT2D eigenvalue weighted by Crippen LogP contribution is 2.47. The average Bonchev–Trinajstić information content (AvgIpc) is 2.60. The lowest BCUT2D eigenvalue weighted by molar-refractivity contribution is 0.880. The van der Waals surface area contributed by atoms with Crippen molar-refractivity contribution >= 4 is 0 Å². The van der Waals surface area contributed by atoms with E-state index >= 15 is 0 Å². The zero-order valence-electron chi connectivity index (χ0n) is 5.91. The van der Waals surface area contributed by atoms with E-state index < -0.39 is 0 Å². The third kappa shape index (κ3) is 0.406. The van der Waals surface area contributed by atoms with E-state index in [2.05, 4.69) is 12.2 Å². The van der Waals surface area contributed by atoms with Crippen LogP contribution in [0.3, 0.4) is 0 Å². The lowest BCUT2D eigenvalue weighted by Crippen LogP contribution is -1.79. The van der Waals surface area contributed by atoms with Crippen LogP contribution < -0.4 is 0 Å². The Labute approximate surface area is 60.9 Å². The molecule has 2 bridgehead atoms. The molecule has 0 saturated carbocycles. The number of rotatable bonds is 0. The van der Waals surface area contributed by atoms with Gasteiger partial charge in [0.2, 0.25) is 0 Å². The summed E-state index contributed by atoms with van der Waals surface area (Å²) in [4.78, 5) is 0. The molecule has 0 atom stereocenters. The fraction of sp³-hybridized carbons (Fsp3) is 0.400. The Morgan fingerprint density at radius 3 is 3.00 bits per heavy atom. The van der Waals surface area contributed by atoms with Crippen LogP contribution in [0, 0.1) is 6.08 Å². The zero-order valence-corrected chi connectivity index (χ0v) is 5.91. The van der Waals surface area contributed by atoms with Gasteiger partial charge in [-0.3, -0.25) is 0 Å². The summed E-state index contributed by atoms with van der Waals surface area (Å²) in [5.74, 6) is 0. The number of fused-ring (bicyclic) bond motifs is 4. The minimum Gasteiger partial charge on any atom is -0.0502 e. The van der Waals surface area contributed by atoms with E-state index in [0.717, 1.165) is 0 Å². The maximum atomic E-state index is 3.32. The Balaban J connectivity index is 2.25. The average molecular weight is 129 g/mol. The van der Waals surface area contributed by atoms with Gasteiger partial charge < -0.3 is 0 Å². The number of hydrogen-bond donors (Lipinski definition) is 0. The third-order valence-corrected chi connectivity index (χ3v) is 2.76. The van der Waals surface area contributed by atoms with Crippen molar-refractivity contribution in [3.63, 3.8) is 0 Å². The fourth-order valence-electron chi connectivity index (χ4n) is 2.29. The van der Waals surface area contributed by atoms with Gasteiger partial charge in [0.1, 0.15) is 0 Å². The summed E-state index contributed by atoms with van der Waals surface area (Å²) in [5, 5.41) is 0. The van der Waals surface area contributed by atoms with Crippen LogP contribution >= 0.6 is 0 Å². The molecule has 0 saturated heterocycles. The van der Waals surface area contributed by atoms with Crippen molar-refractivity contribution in [2.45, 2.75) is 25.7 Å². The van der Waals surface area contributed by atoms with E-state index in [1.165, 1.54) is 31.3 Å². The van der Waals surface area contributed by atoms with Gasteiger partial charge in [0.05, 0.1) is 0 Å². The van der Waals surface area contributed by atoms with E-state index in [0.29, 0.717) is 0 Å². The predicted octanol–water partition coefficient (Wildman–Crippen LogP) is 2.54. The summed E-state index contributed by atoms with van der Waals surface area (Å²) in [6.07, 6.45) is 10.8. The van der Waals surface area contributed by atoms with Gasteiger partial charge in [0.15, 0.2) is 0 Å². The van der Waals surface area contributed by atoms with Gasteiger partial charge in [-0.2, -0.15) is 0 Å². The molecule has 0 N–H and O–H groups in total. The van der Waals surface area contributed by atoms with Crippen LogP contribution in [0.15, 0.2) is 28.4 Å². The molecule has 0 heteroatoms. The van der Waals surface area contributed by atoms with Gasteiger partial charge in [-0.25, -0.2) is 0 Å². The Morgan fingerprint density at radius 2 is 2.10 bits per heavy atom. The molecule has 0 unspecified atom stereocenters.